The van der Waals surface area contributed by atoms with Crippen LogP contribution in [0.25, 0.3) is 0 Å². The molecule has 0 heterocycles. The van der Waals surface area contributed by atoms with E-state index in [1.807, 2.05) is 6.07 Å². The van der Waals surface area contributed by atoms with E-state index in [2.05, 4.69) is 12.1 Å². The van der Waals surface area contributed by atoms with E-state index in [-0.39, 0.29) is 24.8 Å². The third-order valence-electron chi connectivity index (χ3n) is 4.59. The van der Waals surface area contributed by atoms with Gasteiger partial charge in [-0.1, -0.05) is 18.2 Å². The smallest absolute Gasteiger partial charge is 0.310 e. The number of esters is 1. The zero-order valence-electron chi connectivity index (χ0n) is 14.6. The number of aryl methyl sites for hydroxylation is 2. The Morgan fingerprint density at radius 2 is 1.84 bits per heavy atom. The molecule has 0 aliphatic heterocycles. The van der Waals surface area contributed by atoms with Gasteiger partial charge >= 0.3 is 5.97 Å². The Balaban J connectivity index is 1.64. The molecule has 0 fully saturated rings. The van der Waals surface area contributed by atoms with Crippen molar-refractivity contribution in [3.05, 3.63) is 64.2 Å². The molecule has 1 aliphatic carbocycles. The van der Waals surface area contributed by atoms with E-state index in [1.165, 1.54) is 24.5 Å². The van der Waals surface area contributed by atoms with Crippen molar-refractivity contribution in [3.63, 3.8) is 0 Å². The molecule has 0 atom stereocenters. The highest BCUT2D eigenvalue weighted by molar-refractivity contribution is 5.94. The minimum atomic E-state index is -0.284. The maximum Gasteiger partial charge on any atom is 0.310 e. The van der Waals surface area contributed by atoms with Gasteiger partial charge in [-0.2, -0.15) is 0 Å². The average molecular weight is 338 g/mol. The summed E-state index contributed by atoms with van der Waals surface area (Å²) in [5.74, 6) is 0.289. The van der Waals surface area contributed by atoms with Crippen LogP contribution in [0.2, 0.25) is 0 Å². The van der Waals surface area contributed by atoms with Crippen LogP contribution in [0, 0.1) is 0 Å². The maximum absolute atomic E-state index is 12.2. The van der Waals surface area contributed by atoms with Gasteiger partial charge in [0.15, 0.2) is 5.78 Å². The second-order valence-electron chi connectivity index (χ2n) is 6.38. The van der Waals surface area contributed by atoms with E-state index in [4.69, 9.17) is 9.47 Å². The van der Waals surface area contributed by atoms with Crippen LogP contribution in [0.1, 0.15) is 46.0 Å². The lowest BCUT2D eigenvalue weighted by molar-refractivity contribution is -0.144. The number of rotatable bonds is 6. The van der Waals surface area contributed by atoms with Crippen molar-refractivity contribution >= 4 is 11.8 Å². The van der Waals surface area contributed by atoms with Crippen LogP contribution in [0.3, 0.4) is 0 Å². The molecule has 0 bridgehead atoms. The summed E-state index contributed by atoms with van der Waals surface area (Å²) >= 11 is 0. The number of Topliss-reactive ketones (excluding diaryl/α,β-unsaturated/α-hetero) is 1. The van der Waals surface area contributed by atoms with E-state index in [9.17, 15) is 9.59 Å². The lowest BCUT2D eigenvalue weighted by atomic mass is 10.0. The Morgan fingerprint density at radius 1 is 1.04 bits per heavy atom. The minimum Gasteiger partial charge on any atom is -0.496 e. The molecule has 2 aromatic rings. The predicted molar refractivity (Wildman–Crippen MR) is 95.0 cm³/mol. The third-order valence-corrected chi connectivity index (χ3v) is 4.59. The molecule has 3 rings (SSSR count). The molecular formula is C21H22O4. The van der Waals surface area contributed by atoms with Crippen molar-refractivity contribution in [2.45, 2.75) is 39.2 Å². The SMILES string of the molecule is COc1ccc(C(C)=O)cc1COC(=O)Cc1ccc2c(c1)CCC2. The summed E-state index contributed by atoms with van der Waals surface area (Å²) in [6.45, 7) is 1.60. The number of benzene rings is 2. The van der Waals surface area contributed by atoms with Crippen molar-refractivity contribution in [1.29, 1.82) is 0 Å². The Labute approximate surface area is 147 Å². The molecule has 2 aromatic carbocycles. The molecular weight excluding hydrogens is 316 g/mol. The molecule has 0 unspecified atom stereocenters. The van der Waals surface area contributed by atoms with E-state index < -0.39 is 0 Å². The summed E-state index contributed by atoms with van der Waals surface area (Å²) in [4.78, 5) is 23.7. The number of carbonyl (C=O) groups is 2. The van der Waals surface area contributed by atoms with Gasteiger partial charge < -0.3 is 9.47 Å². The first kappa shape index (κ1) is 17.2. The predicted octanol–water partition coefficient (Wildman–Crippen LogP) is 3.67. The number of fused-ring (bicyclic) bond motifs is 1. The highest BCUT2D eigenvalue weighted by Crippen LogP contribution is 2.24. The number of hydrogen-bond acceptors (Lipinski definition) is 4. The second kappa shape index (κ2) is 7.51. The molecule has 4 nitrogen and oxygen atoms in total. The zero-order valence-corrected chi connectivity index (χ0v) is 14.6. The third kappa shape index (κ3) is 4.08. The van der Waals surface area contributed by atoms with Crippen LogP contribution in [0.5, 0.6) is 5.75 Å². The zero-order chi connectivity index (χ0) is 17.8. The highest BCUT2D eigenvalue weighted by Gasteiger charge is 2.14. The van der Waals surface area contributed by atoms with Crippen molar-refractivity contribution < 1.29 is 19.1 Å². The van der Waals surface area contributed by atoms with Crippen molar-refractivity contribution in [1.82, 2.24) is 0 Å². The Kier molecular flexibility index (Phi) is 5.17. The molecule has 0 aromatic heterocycles. The summed E-state index contributed by atoms with van der Waals surface area (Å²) in [6.07, 6.45) is 3.66. The Morgan fingerprint density at radius 3 is 2.60 bits per heavy atom. The number of methoxy groups -OCH3 is 1. The fourth-order valence-electron chi connectivity index (χ4n) is 3.22. The fourth-order valence-corrected chi connectivity index (χ4v) is 3.22. The largest absolute Gasteiger partial charge is 0.496 e. The summed E-state index contributed by atoms with van der Waals surface area (Å²) in [5.41, 5.74) is 4.99. The van der Waals surface area contributed by atoms with Gasteiger partial charge in [-0.25, -0.2) is 0 Å². The molecule has 4 heteroatoms. The van der Waals surface area contributed by atoms with Gasteiger partial charge in [-0.05, 0) is 61.1 Å². The van der Waals surface area contributed by atoms with Gasteiger partial charge in [-0.3, -0.25) is 9.59 Å². The normalized spacial score (nSPS) is 12.6. The maximum atomic E-state index is 12.2. The van der Waals surface area contributed by atoms with Gasteiger partial charge in [0.1, 0.15) is 12.4 Å². The molecule has 25 heavy (non-hydrogen) atoms. The van der Waals surface area contributed by atoms with Gasteiger partial charge in [0.25, 0.3) is 0 Å². The number of hydrogen-bond donors (Lipinski definition) is 0. The monoisotopic (exact) mass is 338 g/mol. The first-order chi connectivity index (χ1) is 12.1. The molecule has 0 amide bonds. The van der Waals surface area contributed by atoms with E-state index in [0.717, 1.165) is 18.4 Å². The highest BCUT2D eigenvalue weighted by atomic mass is 16.5. The summed E-state index contributed by atoms with van der Waals surface area (Å²) < 4.78 is 10.7. The van der Waals surface area contributed by atoms with E-state index in [1.54, 1.807) is 25.3 Å². The summed E-state index contributed by atoms with van der Waals surface area (Å²) in [5, 5.41) is 0. The molecule has 1 aliphatic rings. The molecule has 0 radical (unpaired) electrons. The number of ketones is 1. The van der Waals surface area contributed by atoms with Gasteiger partial charge in [-0.15, -0.1) is 0 Å². The van der Waals surface area contributed by atoms with E-state index >= 15 is 0 Å². The van der Waals surface area contributed by atoms with Gasteiger partial charge in [0, 0.05) is 11.1 Å². The van der Waals surface area contributed by atoms with Crippen LogP contribution in [-0.2, 0) is 35.4 Å². The molecule has 0 spiro atoms. The molecule has 0 saturated heterocycles. The summed E-state index contributed by atoms with van der Waals surface area (Å²) in [7, 11) is 1.55. The summed E-state index contributed by atoms with van der Waals surface area (Å²) in [6, 6.07) is 11.4. The first-order valence-corrected chi connectivity index (χ1v) is 8.51. The van der Waals surface area contributed by atoms with E-state index in [0.29, 0.717) is 16.9 Å². The topological polar surface area (TPSA) is 52.6 Å². The van der Waals surface area contributed by atoms with Gasteiger partial charge in [0.05, 0.1) is 13.5 Å². The van der Waals surface area contributed by atoms with Crippen molar-refractivity contribution in [2.24, 2.45) is 0 Å². The van der Waals surface area contributed by atoms with Crippen LogP contribution < -0.4 is 4.74 Å². The molecule has 0 N–H and O–H groups in total. The molecule has 130 valence electrons. The lowest BCUT2D eigenvalue weighted by Gasteiger charge is -2.11. The number of ether oxygens (including phenoxy) is 2. The van der Waals surface area contributed by atoms with Crippen LogP contribution in [0.4, 0.5) is 0 Å². The standard InChI is InChI=1S/C21H22O4/c1-14(22)17-8-9-20(24-2)19(12-17)13-25-21(23)11-15-6-7-16-4-3-5-18(16)10-15/h6-10,12H,3-5,11,13H2,1-2H3. The minimum absolute atomic E-state index is 0.0339. The van der Waals surface area contributed by atoms with Crippen molar-refractivity contribution in [3.8, 4) is 5.75 Å². The lowest BCUT2D eigenvalue weighted by Crippen LogP contribution is -2.09. The first-order valence-electron chi connectivity index (χ1n) is 8.51. The van der Waals surface area contributed by atoms with Crippen molar-refractivity contribution in [2.75, 3.05) is 7.11 Å². The van der Waals surface area contributed by atoms with Crippen LogP contribution >= 0.6 is 0 Å². The fraction of sp³-hybridized carbons (Fsp3) is 0.333. The van der Waals surface area contributed by atoms with Crippen LogP contribution in [0.15, 0.2) is 36.4 Å². The Bertz CT molecular complexity index is 808. The van der Waals surface area contributed by atoms with Crippen LogP contribution in [-0.4, -0.2) is 18.9 Å². The quantitative estimate of drug-likeness (QED) is 0.596. The number of carbonyl (C=O) groups excluding carboxylic acids is 2. The second-order valence-corrected chi connectivity index (χ2v) is 6.38. The Hall–Kier alpha value is -2.62. The molecule has 0 saturated carbocycles. The average Bonchev–Trinajstić information content (AvgIpc) is 3.07. The van der Waals surface area contributed by atoms with Gasteiger partial charge in [0.2, 0.25) is 0 Å².